The quantitative estimate of drug-likeness (QED) is 0.433. The summed E-state index contributed by atoms with van der Waals surface area (Å²) in [5, 5.41) is 21.9. The van der Waals surface area contributed by atoms with E-state index in [4.69, 9.17) is 11.0 Å². The number of aryl methyl sites for hydroxylation is 1. The molecule has 4 rings (SSSR count). The number of nitrogens with two attached hydrogens (primary N) is 2. The third-order valence-corrected chi connectivity index (χ3v) is 4.38. The minimum Gasteiger partial charge on any atom is -0.368 e. The highest BCUT2D eigenvalue weighted by Crippen LogP contribution is 2.24. The van der Waals surface area contributed by atoms with E-state index in [0.29, 0.717) is 29.2 Å². The van der Waals surface area contributed by atoms with E-state index in [9.17, 15) is 8.42 Å². The van der Waals surface area contributed by atoms with Gasteiger partial charge in [-0.2, -0.15) is 5.26 Å². The van der Waals surface area contributed by atoms with E-state index in [2.05, 4.69) is 43.4 Å². The van der Waals surface area contributed by atoms with E-state index in [1.807, 2.05) is 24.3 Å². The Balaban J connectivity index is 0.000000588. The number of primary sulfonamides is 1. The van der Waals surface area contributed by atoms with Crippen molar-refractivity contribution in [3.63, 3.8) is 0 Å². The predicted octanol–water partition coefficient (Wildman–Crippen LogP) is 1.77. The number of hydrogen-bond acceptors (Lipinski definition) is 9. The maximum absolute atomic E-state index is 9.41. The van der Waals surface area contributed by atoms with Gasteiger partial charge in [0, 0.05) is 11.3 Å². The van der Waals surface area contributed by atoms with Gasteiger partial charge in [-0.05, 0) is 36.8 Å². The van der Waals surface area contributed by atoms with Crippen molar-refractivity contribution in [1.82, 2.24) is 29.9 Å². The highest BCUT2D eigenvalue weighted by atomic mass is 32.2. The van der Waals surface area contributed by atoms with Crippen LogP contribution in [0, 0.1) is 11.3 Å². The second-order valence-electron chi connectivity index (χ2n) is 7.29. The Bertz CT molecular complexity index is 1430. The van der Waals surface area contributed by atoms with Gasteiger partial charge in [-0.15, -0.1) is 5.10 Å². The first-order valence-corrected chi connectivity index (χ1v) is 12.1. The van der Waals surface area contributed by atoms with E-state index < -0.39 is 10.0 Å². The second-order valence-corrected chi connectivity index (χ2v) is 8.95. The van der Waals surface area contributed by atoms with E-state index in [1.54, 1.807) is 35.1 Å². The molecular formula is C22H23N9O2S. The topological polar surface area (TPSA) is 179 Å². The molecule has 3 aromatic heterocycles. The van der Waals surface area contributed by atoms with Crippen LogP contribution >= 0.6 is 0 Å². The third-order valence-electron chi connectivity index (χ3n) is 4.38. The Morgan fingerprint density at radius 3 is 2.38 bits per heavy atom. The Hall–Kier alpha value is -4.21. The van der Waals surface area contributed by atoms with Gasteiger partial charge in [0.05, 0.1) is 47.7 Å². The van der Waals surface area contributed by atoms with Gasteiger partial charge in [-0.25, -0.2) is 28.2 Å². The number of rotatable bonds is 5. The van der Waals surface area contributed by atoms with Gasteiger partial charge in [-0.1, -0.05) is 30.3 Å². The summed E-state index contributed by atoms with van der Waals surface area (Å²) in [6, 6.07) is 17.0. The van der Waals surface area contributed by atoms with Crippen molar-refractivity contribution in [2.75, 3.05) is 12.0 Å². The van der Waals surface area contributed by atoms with E-state index in [1.165, 1.54) is 0 Å². The lowest BCUT2D eigenvalue weighted by molar-refractivity contribution is 0.603. The molecule has 0 saturated carbocycles. The zero-order valence-corrected chi connectivity index (χ0v) is 19.4. The largest absolute Gasteiger partial charge is 0.368 e. The lowest BCUT2D eigenvalue weighted by Crippen LogP contribution is -2.07. The molecule has 0 bridgehead atoms. The molecule has 174 valence electrons. The maximum atomic E-state index is 9.41. The molecule has 0 atom stereocenters. The molecule has 34 heavy (non-hydrogen) atoms. The molecule has 0 amide bonds. The van der Waals surface area contributed by atoms with Gasteiger partial charge >= 0.3 is 0 Å². The first kappa shape index (κ1) is 24.4. The van der Waals surface area contributed by atoms with E-state index in [-0.39, 0.29) is 5.95 Å². The van der Waals surface area contributed by atoms with Crippen LogP contribution in [-0.2, 0) is 23.0 Å². The Kier molecular flexibility index (Phi) is 7.62. The first-order valence-electron chi connectivity index (χ1n) is 10.1. The Morgan fingerprint density at radius 1 is 1.00 bits per heavy atom. The van der Waals surface area contributed by atoms with Crippen molar-refractivity contribution >= 4 is 16.0 Å². The standard InChI is InChI=1S/C21H18N8.CH5NO2S/c1-2-16-7-4-8-17(24-16)12-29-13-20(27-28-29)19-10-18(25-21(23)26-19)15-6-3-5-14(9-15)11-22;1-5(2,3)4/h3-10,13H,2,12H2,1H3,(H2,23,25,26);1H3,(H2,2,3,4). The van der Waals surface area contributed by atoms with Crippen molar-refractivity contribution in [2.45, 2.75) is 19.9 Å². The lowest BCUT2D eigenvalue weighted by atomic mass is 10.1. The Morgan fingerprint density at radius 2 is 1.68 bits per heavy atom. The highest BCUT2D eigenvalue weighted by Gasteiger charge is 2.11. The molecule has 0 aliphatic carbocycles. The van der Waals surface area contributed by atoms with Crippen molar-refractivity contribution in [3.8, 4) is 28.7 Å². The zero-order valence-electron chi connectivity index (χ0n) is 18.6. The summed E-state index contributed by atoms with van der Waals surface area (Å²) < 4.78 is 20.5. The molecule has 0 aliphatic heterocycles. The molecular weight excluding hydrogens is 454 g/mol. The average Bonchev–Trinajstić information content (AvgIpc) is 3.26. The van der Waals surface area contributed by atoms with Crippen LogP contribution in [0.15, 0.2) is 54.7 Å². The van der Waals surface area contributed by atoms with Crippen LogP contribution in [0.25, 0.3) is 22.6 Å². The molecule has 3 heterocycles. The number of pyridine rings is 1. The molecule has 0 unspecified atom stereocenters. The van der Waals surface area contributed by atoms with E-state index >= 15 is 0 Å². The van der Waals surface area contributed by atoms with Gasteiger partial charge < -0.3 is 5.73 Å². The SMILES string of the molecule is CCc1cccc(Cn2cc(-c3cc(-c4cccc(C#N)c4)nc(N)n3)nn2)n1.CS(N)(=O)=O. The van der Waals surface area contributed by atoms with Crippen molar-refractivity contribution in [1.29, 1.82) is 5.26 Å². The summed E-state index contributed by atoms with van der Waals surface area (Å²) >= 11 is 0. The summed E-state index contributed by atoms with van der Waals surface area (Å²) in [5.74, 6) is 0.131. The van der Waals surface area contributed by atoms with Gasteiger partial charge in [0.15, 0.2) is 0 Å². The number of benzene rings is 1. The molecule has 4 N–H and O–H groups in total. The summed E-state index contributed by atoms with van der Waals surface area (Å²) in [7, 11) is -3.17. The first-order chi connectivity index (χ1) is 16.1. The van der Waals surface area contributed by atoms with E-state index in [0.717, 1.165) is 29.6 Å². The molecule has 0 aliphatic rings. The molecule has 0 fully saturated rings. The van der Waals surface area contributed by atoms with Crippen molar-refractivity contribution in [2.24, 2.45) is 5.14 Å². The molecule has 0 radical (unpaired) electrons. The average molecular weight is 478 g/mol. The predicted molar refractivity (Wildman–Crippen MR) is 127 cm³/mol. The molecule has 0 spiro atoms. The summed E-state index contributed by atoms with van der Waals surface area (Å²) in [4.78, 5) is 13.2. The van der Waals surface area contributed by atoms with Gasteiger partial charge in [0.25, 0.3) is 0 Å². The molecule has 12 heteroatoms. The van der Waals surface area contributed by atoms with Crippen LogP contribution in [0.5, 0.6) is 0 Å². The third kappa shape index (κ3) is 7.16. The fourth-order valence-corrected chi connectivity index (χ4v) is 2.97. The fraction of sp³-hybridized carbons (Fsp3) is 0.182. The van der Waals surface area contributed by atoms with Crippen LogP contribution in [0.1, 0.15) is 23.9 Å². The van der Waals surface area contributed by atoms with Gasteiger partial charge in [0.1, 0.15) is 5.69 Å². The lowest BCUT2D eigenvalue weighted by Gasteiger charge is -2.05. The number of anilines is 1. The number of nitrogen functional groups attached to an aromatic ring is 1. The molecule has 4 aromatic rings. The summed E-state index contributed by atoms with van der Waals surface area (Å²) in [6.07, 6.45) is 3.62. The van der Waals surface area contributed by atoms with Crippen LogP contribution < -0.4 is 10.9 Å². The fourth-order valence-electron chi connectivity index (χ4n) is 2.97. The van der Waals surface area contributed by atoms with Crippen LogP contribution in [0.2, 0.25) is 0 Å². The minimum atomic E-state index is -3.17. The molecule has 11 nitrogen and oxygen atoms in total. The zero-order chi connectivity index (χ0) is 24.7. The smallest absolute Gasteiger partial charge is 0.221 e. The number of aromatic nitrogens is 6. The van der Waals surface area contributed by atoms with Crippen LogP contribution in [0.3, 0.4) is 0 Å². The number of sulfonamides is 1. The number of nitriles is 1. The van der Waals surface area contributed by atoms with Gasteiger partial charge in [0.2, 0.25) is 16.0 Å². The number of hydrogen-bond donors (Lipinski definition) is 2. The summed E-state index contributed by atoms with van der Waals surface area (Å²) in [6.45, 7) is 2.58. The number of nitrogens with zero attached hydrogens (tertiary/aromatic N) is 7. The van der Waals surface area contributed by atoms with Gasteiger partial charge in [-0.3, -0.25) is 4.98 Å². The highest BCUT2D eigenvalue weighted by molar-refractivity contribution is 7.88. The second kappa shape index (κ2) is 10.6. The maximum Gasteiger partial charge on any atom is 0.221 e. The summed E-state index contributed by atoms with van der Waals surface area (Å²) in [5.41, 5.74) is 11.0. The van der Waals surface area contributed by atoms with Crippen molar-refractivity contribution < 1.29 is 8.42 Å². The molecule has 0 saturated heterocycles. The van der Waals surface area contributed by atoms with Crippen LogP contribution in [0.4, 0.5) is 5.95 Å². The molecule has 1 aromatic carbocycles. The van der Waals surface area contributed by atoms with Crippen molar-refractivity contribution in [3.05, 3.63) is 71.7 Å². The normalized spacial score (nSPS) is 10.8. The monoisotopic (exact) mass is 477 g/mol. The minimum absolute atomic E-state index is 0.131. The van der Waals surface area contributed by atoms with Crippen LogP contribution in [-0.4, -0.2) is 44.6 Å². The Labute approximate surface area is 197 Å².